The molecule has 3 rings (SSSR count). The molecule has 0 fully saturated rings. The second-order valence-corrected chi connectivity index (χ2v) is 7.43. The Morgan fingerprint density at radius 1 is 1.12 bits per heavy atom. The molecular weight excluding hydrogens is 339 g/mol. The van der Waals surface area contributed by atoms with Crippen LogP contribution in [0.1, 0.15) is 13.8 Å². The zero-order chi connectivity index (χ0) is 18.2. The van der Waals surface area contributed by atoms with Crippen LogP contribution in [0, 0.1) is 5.82 Å². The summed E-state index contributed by atoms with van der Waals surface area (Å²) >= 11 is 6.18. The highest BCUT2D eigenvalue weighted by Crippen LogP contribution is 2.33. The number of benzene rings is 2. The zero-order valence-electron chi connectivity index (χ0n) is 14.9. The zero-order valence-corrected chi connectivity index (χ0v) is 15.6. The molecule has 0 atom stereocenters. The van der Waals surface area contributed by atoms with E-state index >= 15 is 0 Å². The molecule has 0 N–H and O–H groups in total. The summed E-state index contributed by atoms with van der Waals surface area (Å²) < 4.78 is 21.4. The molecule has 0 bridgehead atoms. The van der Waals surface area contributed by atoms with E-state index in [0.717, 1.165) is 22.3 Å². The smallest absolute Gasteiger partial charge is 0.145 e. The van der Waals surface area contributed by atoms with Gasteiger partial charge in [-0.3, -0.25) is 0 Å². The molecule has 2 aromatic carbocycles. The molecule has 0 spiro atoms. The van der Waals surface area contributed by atoms with E-state index in [1.54, 1.807) is 12.1 Å². The molecule has 25 heavy (non-hydrogen) atoms. The Balaban J connectivity index is 2.04. The third-order valence-corrected chi connectivity index (χ3v) is 4.86. The maximum Gasteiger partial charge on any atom is 0.145 e. The molecule has 0 saturated carbocycles. The van der Waals surface area contributed by atoms with Gasteiger partial charge in [-0.1, -0.05) is 11.6 Å². The van der Waals surface area contributed by atoms with Gasteiger partial charge in [0.2, 0.25) is 0 Å². The standard InChI is InChI=1S/C20H22ClFN2O/c1-20(2,23(3)4)13-25-19-12-24(16-8-6-15(22)7-9-16)18-10-5-14(21)11-17(18)19/h5-12H,13H2,1-4H3. The van der Waals surface area contributed by atoms with Gasteiger partial charge in [-0.2, -0.15) is 0 Å². The first-order chi connectivity index (χ1) is 11.8. The van der Waals surface area contributed by atoms with Crippen LogP contribution in [-0.2, 0) is 0 Å². The molecule has 3 nitrogen and oxygen atoms in total. The van der Waals surface area contributed by atoms with E-state index in [4.69, 9.17) is 16.3 Å². The van der Waals surface area contributed by atoms with Gasteiger partial charge < -0.3 is 14.2 Å². The van der Waals surface area contributed by atoms with Crippen LogP contribution in [0.15, 0.2) is 48.7 Å². The van der Waals surface area contributed by atoms with E-state index in [0.29, 0.717) is 11.6 Å². The van der Waals surface area contributed by atoms with Gasteiger partial charge in [-0.15, -0.1) is 0 Å². The van der Waals surface area contributed by atoms with Crippen molar-refractivity contribution in [3.8, 4) is 11.4 Å². The Kier molecular flexibility index (Phi) is 4.76. The van der Waals surface area contributed by atoms with Crippen molar-refractivity contribution in [3.05, 3.63) is 59.5 Å². The van der Waals surface area contributed by atoms with Crippen LogP contribution in [0.25, 0.3) is 16.6 Å². The van der Waals surface area contributed by atoms with Gasteiger partial charge in [0.05, 0.1) is 11.7 Å². The Morgan fingerprint density at radius 3 is 2.44 bits per heavy atom. The van der Waals surface area contributed by atoms with Gasteiger partial charge >= 0.3 is 0 Å². The van der Waals surface area contributed by atoms with Gasteiger partial charge in [0, 0.05) is 21.6 Å². The quantitative estimate of drug-likeness (QED) is 0.626. The van der Waals surface area contributed by atoms with Gasteiger partial charge in [-0.05, 0) is 70.4 Å². The van der Waals surface area contributed by atoms with Crippen molar-refractivity contribution in [2.24, 2.45) is 0 Å². The fraction of sp³-hybridized carbons (Fsp3) is 0.300. The normalized spacial score (nSPS) is 12.1. The predicted molar refractivity (Wildman–Crippen MR) is 102 cm³/mol. The number of rotatable bonds is 5. The van der Waals surface area contributed by atoms with Crippen molar-refractivity contribution < 1.29 is 9.13 Å². The maximum absolute atomic E-state index is 13.2. The van der Waals surface area contributed by atoms with Gasteiger partial charge in [0.15, 0.2) is 0 Å². The van der Waals surface area contributed by atoms with E-state index in [9.17, 15) is 4.39 Å². The molecule has 0 saturated heterocycles. The molecule has 132 valence electrons. The average Bonchev–Trinajstić information content (AvgIpc) is 2.91. The second-order valence-electron chi connectivity index (χ2n) is 7.00. The predicted octanol–water partition coefficient (Wildman–Crippen LogP) is 5.14. The van der Waals surface area contributed by atoms with Crippen LogP contribution in [0.2, 0.25) is 5.02 Å². The van der Waals surface area contributed by atoms with Crippen LogP contribution in [-0.4, -0.2) is 35.7 Å². The molecule has 0 unspecified atom stereocenters. The fourth-order valence-electron chi connectivity index (χ4n) is 2.49. The summed E-state index contributed by atoms with van der Waals surface area (Å²) in [5, 5.41) is 1.59. The molecule has 0 aliphatic rings. The minimum absolute atomic E-state index is 0.108. The molecule has 1 aromatic heterocycles. The maximum atomic E-state index is 13.2. The number of fused-ring (bicyclic) bond motifs is 1. The van der Waals surface area contributed by atoms with Gasteiger partial charge in [-0.25, -0.2) is 4.39 Å². The first-order valence-corrected chi connectivity index (χ1v) is 8.52. The topological polar surface area (TPSA) is 17.4 Å². The molecule has 3 aromatic rings. The number of nitrogens with zero attached hydrogens (tertiary/aromatic N) is 2. The van der Waals surface area contributed by atoms with E-state index in [1.807, 2.05) is 43.1 Å². The van der Waals surface area contributed by atoms with Crippen LogP contribution >= 0.6 is 11.6 Å². The second kappa shape index (κ2) is 6.70. The first kappa shape index (κ1) is 17.8. The van der Waals surface area contributed by atoms with Crippen molar-refractivity contribution in [3.63, 3.8) is 0 Å². The van der Waals surface area contributed by atoms with Crippen LogP contribution in [0.5, 0.6) is 5.75 Å². The monoisotopic (exact) mass is 360 g/mol. The molecular formula is C20H22ClFN2O. The highest BCUT2D eigenvalue weighted by atomic mass is 35.5. The lowest BCUT2D eigenvalue weighted by Crippen LogP contribution is -2.43. The number of ether oxygens (including phenoxy) is 1. The van der Waals surface area contributed by atoms with Crippen molar-refractivity contribution in [1.82, 2.24) is 9.47 Å². The number of hydrogen-bond acceptors (Lipinski definition) is 2. The Labute approximate surface area is 152 Å². The number of hydrogen-bond donors (Lipinski definition) is 0. The Bertz CT molecular complexity index is 885. The molecule has 0 radical (unpaired) electrons. The van der Waals surface area contributed by atoms with Crippen LogP contribution in [0.4, 0.5) is 4.39 Å². The van der Waals surface area contributed by atoms with Gasteiger partial charge in [0.1, 0.15) is 18.2 Å². The third-order valence-electron chi connectivity index (χ3n) is 4.63. The number of halogens is 2. The summed E-state index contributed by atoms with van der Waals surface area (Å²) in [4.78, 5) is 2.12. The molecule has 0 aliphatic heterocycles. The Morgan fingerprint density at radius 2 is 1.80 bits per heavy atom. The summed E-state index contributed by atoms with van der Waals surface area (Å²) in [6.45, 7) is 4.79. The minimum Gasteiger partial charge on any atom is -0.489 e. The summed E-state index contributed by atoms with van der Waals surface area (Å²) in [5.41, 5.74) is 1.73. The summed E-state index contributed by atoms with van der Waals surface area (Å²) in [6, 6.07) is 12.1. The first-order valence-electron chi connectivity index (χ1n) is 8.15. The Hall–Kier alpha value is -2.04. The highest BCUT2D eigenvalue weighted by molar-refractivity contribution is 6.31. The largest absolute Gasteiger partial charge is 0.489 e. The number of aromatic nitrogens is 1. The number of likely N-dealkylation sites (N-methyl/N-ethyl adjacent to an activating group) is 1. The van der Waals surface area contributed by atoms with Gasteiger partial charge in [0.25, 0.3) is 0 Å². The summed E-state index contributed by atoms with van der Waals surface area (Å²) in [6.07, 6.45) is 1.93. The van der Waals surface area contributed by atoms with Crippen molar-refractivity contribution in [2.75, 3.05) is 20.7 Å². The van der Waals surface area contributed by atoms with E-state index in [-0.39, 0.29) is 11.4 Å². The van der Waals surface area contributed by atoms with Crippen LogP contribution < -0.4 is 4.74 Å². The third kappa shape index (κ3) is 3.65. The lowest BCUT2D eigenvalue weighted by Gasteiger charge is -2.32. The molecule has 0 amide bonds. The SMILES string of the molecule is CN(C)C(C)(C)COc1cn(-c2ccc(F)cc2)c2ccc(Cl)cc12. The average molecular weight is 361 g/mol. The van der Waals surface area contributed by atoms with E-state index in [2.05, 4.69) is 18.7 Å². The molecule has 5 heteroatoms. The van der Waals surface area contributed by atoms with Crippen molar-refractivity contribution in [1.29, 1.82) is 0 Å². The van der Waals surface area contributed by atoms with Crippen molar-refractivity contribution in [2.45, 2.75) is 19.4 Å². The highest BCUT2D eigenvalue weighted by Gasteiger charge is 2.22. The summed E-state index contributed by atoms with van der Waals surface area (Å²) in [7, 11) is 4.06. The lowest BCUT2D eigenvalue weighted by atomic mass is 10.1. The molecule has 0 aliphatic carbocycles. The lowest BCUT2D eigenvalue weighted by molar-refractivity contribution is 0.115. The van der Waals surface area contributed by atoms with Crippen LogP contribution in [0.3, 0.4) is 0 Å². The minimum atomic E-state index is -0.257. The van der Waals surface area contributed by atoms with E-state index < -0.39 is 0 Å². The molecule has 1 heterocycles. The fourth-order valence-corrected chi connectivity index (χ4v) is 2.66. The summed E-state index contributed by atoms with van der Waals surface area (Å²) in [5.74, 6) is 0.504. The van der Waals surface area contributed by atoms with Crippen molar-refractivity contribution >= 4 is 22.5 Å². The van der Waals surface area contributed by atoms with E-state index in [1.165, 1.54) is 12.1 Å².